The van der Waals surface area contributed by atoms with Crippen molar-refractivity contribution in [1.82, 2.24) is 10.2 Å². The van der Waals surface area contributed by atoms with Crippen LogP contribution in [0.5, 0.6) is 11.5 Å². The number of para-hydroxylation sites is 1. The van der Waals surface area contributed by atoms with Crippen LogP contribution >= 0.6 is 0 Å². The number of nitrogens with zero attached hydrogens (tertiary/aromatic N) is 1. The number of aromatic amines is 1. The monoisotopic (exact) mass is 302 g/mol. The largest absolute Gasteiger partial charge is 0.493 e. The van der Waals surface area contributed by atoms with Crippen LogP contribution in [0, 0.1) is 0 Å². The number of carboxylic acids is 1. The van der Waals surface area contributed by atoms with Crippen molar-refractivity contribution in [3.05, 3.63) is 30.0 Å². The number of hydrogen-bond acceptors (Lipinski definition) is 4. The van der Waals surface area contributed by atoms with Crippen molar-refractivity contribution >= 4 is 5.97 Å². The zero-order chi connectivity index (χ0) is 15.5. The van der Waals surface area contributed by atoms with E-state index in [9.17, 15) is 4.79 Å². The summed E-state index contributed by atoms with van der Waals surface area (Å²) < 4.78 is 11.5. The predicted molar refractivity (Wildman–Crippen MR) is 80.4 cm³/mol. The van der Waals surface area contributed by atoms with Gasteiger partial charge in [-0.15, -0.1) is 0 Å². The average molecular weight is 302 g/mol. The van der Waals surface area contributed by atoms with Crippen LogP contribution in [0.3, 0.4) is 0 Å². The van der Waals surface area contributed by atoms with Crippen molar-refractivity contribution < 1.29 is 19.4 Å². The van der Waals surface area contributed by atoms with Crippen LogP contribution in [0.4, 0.5) is 0 Å². The zero-order valence-electron chi connectivity index (χ0n) is 12.3. The Bertz CT molecular complexity index is 675. The summed E-state index contributed by atoms with van der Waals surface area (Å²) in [5.74, 6) is 0.213. The first-order chi connectivity index (χ1) is 10.7. The molecule has 0 amide bonds. The highest BCUT2D eigenvalue weighted by atomic mass is 16.5. The molecule has 0 unspecified atom stereocenters. The first-order valence-electron chi connectivity index (χ1n) is 7.32. The molecule has 1 heterocycles. The third-order valence-electron chi connectivity index (χ3n) is 3.87. The predicted octanol–water partition coefficient (Wildman–Crippen LogP) is 3.10. The third kappa shape index (κ3) is 2.77. The van der Waals surface area contributed by atoms with Gasteiger partial charge in [0.25, 0.3) is 0 Å². The van der Waals surface area contributed by atoms with E-state index in [-0.39, 0.29) is 11.8 Å². The fraction of sp³-hybridized carbons (Fsp3) is 0.375. The summed E-state index contributed by atoms with van der Waals surface area (Å²) in [6, 6.07) is 7.02. The van der Waals surface area contributed by atoms with Gasteiger partial charge in [-0.25, -0.2) is 4.79 Å². The van der Waals surface area contributed by atoms with Crippen molar-refractivity contribution in [3.8, 4) is 22.8 Å². The molecule has 1 fully saturated rings. The van der Waals surface area contributed by atoms with E-state index in [1.165, 1.54) is 18.9 Å². The van der Waals surface area contributed by atoms with Gasteiger partial charge in [0.1, 0.15) is 5.69 Å². The molecule has 22 heavy (non-hydrogen) atoms. The maximum atomic E-state index is 11.0. The van der Waals surface area contributed by atoms with Crippen molar-refractivity contribution in [2.45, 2.75) is 31.8 Å². The van der Waals surface area contributed by atoms with E-state index in [4.69, 9.17) is 14.6 Å². The topological polar surface area (TPSA) is 84.4 Å². The minimum atomic E-state index is -1.04. The molecule has 0 spiro atoms. The number of methoxy groups -OCH3 is 1. The Hall–Kier alpha value is -2.50. The number of benzene rings is 1. The first kappa shape index (κ1) is 14.4. The molecule has 0 aliphatic heterocycles. The maximum Gasteiger partial charge on any atom is 0.353 e. The molecule has 0 bridgehead atoms. The fourth-order valence-corrected chi connectivity index (χ4v) is 2.74. The van der Waals surface area contributed by atoms with Gasteiger partial charge in [-0.1, -0.05) is 6.07 Å². The molecule has 3 rings (SSSR count). The van der Waals surface area contributed by atoms with E-state index in [1.54, 1.807) is 7.11 Å². The Balaban J connectivity index is 1.99. The van der Waals surface area contributed by atoms with E-state index in [0.717, 1.165) is 18.4 Å². The molecule has 1 aliphatic rings. The van der Waals surface area contributed by atoms with Crippen LogP contribution in [0.25, 0.3) is 11.3 Å². The number of ether oxygens (including phenoxy) is 2. The van der Waals surface area contributed by atoms with E-state index < -0.39 is 5.97 Å². The molecule has 2 aromatic rings. The molecule has 1 saturated carbocycles. The molecule has 0 atom stereocenters. The van der Waals surface area contributed by atoms with Gasteiger partial charge in [0.2, 0.25) is 0 Å². The molecule has 1 aromatic heterocycles. The Morgan fingerprint density at radius 1 is 1.36 bits per heavy atom. The van der Waals surface area contributed by atoms with E-state index in [1.807, 2.05) is 18.2 Å². The van der Waals surface area contributed by atoms with Gasteiger partial charge in [-0.3, -0.25) is 5.10 Å². The second kappa shape index (κ2) is 6.09. The van der Waals surface area contributed by atoms with Gasteiger partial charge < -0.3 is 14.6 Å². The highest BCUT2D eigenvalue weighted by molar-refractivity contribution is 5.87. The summed E-state index contributed by atoms with van der Waals surface area (Å²) in [6.07, 6.45) is 4.56. The lowest BCUT2D eigenvalue weighted by Gasteiger charge is -2.18. The molecule has 2 N–H and O–H groups in total. The van der Waals surface area contributed by atoms with Gasteiger partial charge in [0, 0.05) is 5.56 Å². The lowest BCUT2D eigenvalue weighted by Crippen LogP contribution is -2.12. The number of rotatable bonds is 5. The normalized spacial score (nSPS) is 15.0. The summed E-state index contributed by atoms with van der Waals surface area (Å²) in [5, 5.41) is 15.6. The molecule has 6 heteroatoms. The van der Waals surface area contributed by atoms with Crippen molar-refractivity contribution in [1.29, 1.82) is 0 Å². The van der Waals surface area contributed by atoms with Crippen LogP contribution in [-0.2, 0) is 0 Å². The molecule has 116 valence electrons. The first-order valence-corrected chi connectivity index (χ1v) is 7.32. The number of aromatic carboxylic acids is 1. The third-order valence-corrected chi connectivity index (χ3v) is 3.87. The summed E-state index contributed by atoms with van der Waals surface area (Å²) in [5.41, 5.74) is 1.31. The average Bonchev–Trinajstić information content (AvgIpc) is 3.18. The van der Waals surface area contributed by atoms with Crippen LogP contribution in [0.2, 0.25) is 0 Å². The molecule has 0 saturated heterocycles. The van der Waals surface area contributed by atoms with E-state index in [2.05, 4.69) is 10.2 Å². The maximum absolute atomic E-state index is 11.0. The number of H-pyrrole nitrogens is 1. The zero-order valence-corrected chi connectivity index (χ0v) is 12.3. The number of carbonyl (C=O) groups is 1. The SMILES string of the molecule is COc1cccc(-c2cc(C(=O)O)[nH]n2)c1OC1CCCC1. The summed E-state index contributed by atoms with van der Waals surface area (Å²) in [6.45, 7) is 0. The Labute approximate surface area is 128 Å². The highest BCUT2D eigenvalue weighted by Gasteiger charge is 2.22. The van der Waals surface area contributed by atoms with Crippen LogP contribution in [-0.4, -0.2) is 34.5 Å². The minimum absolute atomic E-state index is 0.0460. The summed E-state index contributed by atoms with van der Waals surface area (Å²) in [4.78, 5) is 11.0. The van der Waals surface area contributed by atoms with Crippen molar-refractivity contribution in [2.24, 2.45) is 0 Å². The number of nitrogens with one attached hydrogen (secondary N) is 1. The smallest absolute Gasteiger partial charge is 0.353 e. The fourth-order valence-electron chi connectivity index (χ4n) is 2.74. The molecular formula is C16H18N2O4. The number of hydrogen-bond donors (Lipinski definition) is 2. The quantitative estimate of drug-likeness (QED) is 0.886. The molecule has 0 radical (unpaired) electrons. The lowest BCUT2D eigenvalue weighted by molar-refractivity contribution is 0.0690. The van der Waals surface area contributed by atoms with Crippen LogP contribution in [0.15, 0.2) is 24.3 Å². The van der Waals surface area contributed by atoms with Gasteiger partial charge >= 0.3 is 5.97 Å². The standard InChI is InChI=1S/C16H18N2O4/c1-21-14-8-4-7-11(12-9-13(16(19)20)18-17-12)15(14)22-10-5-2-3-6-10/h4,7-10H,2-3,5-6H2,1H3,(H,17,18)(H,19,20). The second-order valence-corrected chi connectivity index (χ2v) is 5.33. The lowest BCUT2D eigenvalue weighted by atomic mass is 10.1. The van der Waals surface area contributed by atoms with Crippen molar-refractivity contribution in [2.75, 3.05) is 7.11 Å². The molecule has 1 aromatic carbocycles. The van der Waals surface area contributed by atoms with Gasteiger partial charge in [0.05, 0.1) is 18.9 Å². The Morgan fingerprint density at radius 2 is 2.14 bits per heavy atom. The van der Waals surface area contributed by atoms with Gasteiger partial charge in [-0.05, 0) is 43.9 Å². The van der Waals surface area contributed by atoms with Gasteiger partial charge in [0.15, 0.2) is 11.5 Å². The molecule has 6 nitrogen and oxygen atoms in total. The summed E-state index contributed by atoms with van der Waals surface area (Å²) >= 11 is 0. The second-order valence-electron chi connectivity index (χ2n) is 5.33. The van der Waals surface area contributed by atoms with Crippen molar-refractivity contribution in [3.63, 3.8) is 0 Å². The number of carboxylic acid groups (broad SMARTS) is 1. The van der Waals surface area contributed by atoms with E-state index >= 15 is 0 Å². The summed E-state index contributed by atoms with van der Waals surface area (Å²) in [7, 11) is 1.59. The highest BCUT2D eigenvalue weighted by Crippen LogP contribution is 2.39. The van der Waals surface area contributed by atoms with Crippen LogP contribution in [0.1, 0.15) is 36.2 Å². The van der Waals surface area contributed by atoms with Gasteiger partial charge in [-0.2, -0.15) is 5.10 Å². The Morgan fingerprint density at radius 3 is 2.77 bits per heavy atom. The van der Waals surface area contributed by atoms with Crippen LogP contribution < -0.4 is 9.47 Å². The Kier molecular flexibility index (Phi) is 4.00. The number of aromatic nitrogens is 2. The van der Waals surface area contributed by atoms with E-state index in [0.29, 0.717) is 17.2 Å². The molecule has 1 aliphatic carbocycles. The minimum Gasteiger partial charge on any atom is -0.493 e. The molecular weight excluding hydrogens is 284 g/mol.